The Morgan fingerprint density at radius 3 is 2.48 bits per heavy atom. The predicted molar refractivity (Wildman–Crippen MR) is 116 cm³/mol. The fraction of sp³-hybridized carbons (Fsp3) is 0.318. The molecule has 0 aliphatic heterocycles. The lowest BCUT2D eigenvalue weighted by Gasteiger charge is -2.19. The Morgan fingerprint density at radius 2 is 1.83 bits per heavy atom. The molecule has 5 nitrogen and oxygen atoms in total. The summed E-state index contributed by atoms with van der Waals surface area (Å²) >= 11 is 7.84. The van der Waals surface area contributed by atoms with Gasteiger partial charge in [-0.3, -0.25) is 0 Å². The maximum Gasteiger partial charge on any atom is 0.191 e. The zero-order valence-corrected chi connectivity index (χ0v) is 18.1. The third-order valence-corrected chi connectivity index (χ3v) is 6.01. The molecule has 1 heterocycles. The minimum atomic E-state index is 0.304. The first-order valence-corrected chi connectivity index (χ1v) is 11.0. The van der Waals surface area contributed by atoms with Gasteiger partial charge >= 0.3 is 0 Å². The van der Waals surface area contributed by atoms with Gasteiger partial charge < -0.3 is 9.30 Å². The van der Waals surface area contributed by atoms with Crippen molar-refractivity contribution in [3.05, 3.63) is 70.5 Å². The van der Waals surface area contributed by atoms with Gasteiger partial charge in [-0.2, -0.15) is 5.26 Å². The van der Waals surface area contributed by atoms with Crippen LogP contribution < -0.4 is 4.74 Å². The number of rotatable bonds is 9. The number of thioether (sulfide) groups is 1. The molecule has 0 radical (unpaired) electrons. The molecule has 29 heavy (non-hydrogen) atoms. The van der Waals surface area contributed by atoms with Crippen LogP contribution in [0.25, 0.3) is 0 Å². The van der Waals surface area contributed by atoms with E-state index in [9.17, 15) is 0 Å². The molecule has 0 saturated heterocycles. The van der Waals surface area contributed by atoms with Crippen LogP contribution in [0, 0.1) is 11.3 Å². The lowest BCUT2D eigenvalue weighted by molar-refractivity contribution is 0.278. The van der Waals surface area contributed by atoms with E-state index in [4.69, 9.17) is 21.6 Å². The standard InChI is InChI=1S/C22H23ClN4OS/c1-3-18(4-2)27-21(14-28-20-8-6-5-7-19(20)23)25-26-22(27)29-15-17-11-9-16(13-24)10-12-17/h5-12,18H,3-4,14-15H2,1-2H3. The zero-order chi connectivity index (χ0) is 20.6. The van der Waals surface area contributed by atoms with Crippen molar-refractivity contribution in [1.29, 1.82) is 5.26 Å². The number of benzene rings is 2. The van der Waals surface area contributed by atoms with E-state index in [2.05, 4.69) is 34.7 Å². The van der Waals surface area contributed by atoms with Gasteiger partial charge in [-0.1, -0.05) is 61.5 Å². The largest absolute Gasteiger partial charge is 0.484 e. The smallest absolute Gasteiger partial charge is 0.191 e. The SMILES string of the molecule is CCC(CC)n1c(COc2ccccc2Cl)nnc1SCc1ccc(C#N)cc1. The molecule has 0 aliphatic carbocycles. The van der Waals surface area contributed by atoms with Crippen molar-refractivity contribution in [1.82, 2.24) is 14.8 Å². The molecule has 1 aromatic heterocycles. The summed E-state index contributed by atoms with van der Waals surface area (Å²) in [5.74, 6) is 2.19. The highest BCUT2D eigenvalue weighted by Crippen LogP contribution is 2.29. The fourth-order valence-electron chi connectivity index (χ4n) is 3.05. The van der Waals surface area contributed by atoms with Crippen LogP contribution in [0.15, 0.2) is 53.7 Å². The molecule has 0 unspecified atom stereocenters. The monoisotopic (exact) mass is 426 g/mol. The average Bonchev–Trinajstić information content (AvgIpc) is 3.16. The first-order valence-electron chi connectivity index (χ1n) is 9.59. The summed E-state index contributed by atoms with van der Waals surface area (Å²) in [6, 6.07) is 17.5. The molecule has 0 aliphatic rings. The van der Waals surface area contributed by atoms with Crippen LogP contribution in [0.3, 0.4) is 0 Å². The molecule has 0 bridgehead atoms. The van der Waals surface area contributed by atoms with Crippen molar-refractivity contribution < 1.29 is 4.74 Å². The highest BCUT2D eigenvalue weighted by atomic mass is 35.5. The summed E-state index contributed by atoms with van der Waals surface area (Å²) in [5, 5.41) is 19.2. The molecule has 0 N–H and O–H groups in total. The van der Waals surface area contributed by atoms with Gasteiger partial charge in [0.15, 0.2) is 11.0 Å². The quantitative estimate of drug-likeness (QED) is 0.390. The molecule has 0 saturated carbocycles. The van der Waals surface area contributed by atoms with Crippen molar-refractivity contribution in [3.8, 4) is 11.8 Å². The third kappa shape index (κ3) is 5.31. The second-order valence-electron chi connectivity index (χ2n) is 6.56. The number of aromatic nitrogens is 3. The Hall–Kier alpha value is -2.49. The number of nitrogens with zero attached hydrogens (tertiary/aromatic N) is 4. The van der Waals surface area contributed by atoms with Gasteiger partial charge in [0.1, 0.15) is 12.4 Å². The van der Waals surface area contributed by atoms with E-state index in [-0.39, 0.29) is 0 Å². The fourth-order valence-corrected chi connectivity index (χ4v) is 4.22. The second-order valence-corrected chi connectivity index (χ2v) is 7.91. The first kappa shape index (κ1) is 21.2. The lowest BCUT2D eigenvalue weighted by Crippen LogP contribution is -2.14. The lowest BCUT2D eigenvalue weighted by atomic mass is 10.2. The van der Waals surface area contributed by atoms with E-state index in [1.165, 1.54) is 0 Å². The van der Waals surface area contributed by atoms with Gasteiger partial charge in [0.25, 0.3) is 0 Å². The number of halogens is 1. The maximum atomic E-state index is 8.94. The minimum Gasteiger partial charge on any atom is -0.484 e. The number of ether oxygens (including phenoxy) is 1. The molecule has 150 valence electrons. The average molecular weight is 427 g/mol. The molecule has 0 amide bonds. The van der Waals surface area contributed by atoms with Gasteiger partial charge in [0.05, 0.1) is 16.7 Å². The number of nitriles is 1. The molecule has 3 rings (SSSR count). The third-order valence-electron chi connectivity index (χ3n) is 4.69. The molecule has 0 fully saturated rings. The Balaban J connectivity index is 1.77. The highest BCUT2D eigenvalue weighted by molar-refractivity contribution is 7.98. The highest BCUT2D eigenvalue weighted by Gasteiger charge is 2.19. The Morgan fingerprint density at radius 1 is 1.10 bits per heavy atom. The summed E-state index contributed by atoms with van der Waals surface area (Å²) < 4.78 is 8.09. The number of hydrogen-bond acceptors (Lipinski definition) is 5. The number of para-hydroxylation sites is 1. The van der Waals surface area contributed by atoms with Crippen LogP contribution >= 0.6 is 23.4 Å². The first-order chi connectivity index (χ1) is 14.2. The Bertz CT molecular complexity index is 977. The summed E-state index contributed by atoms with van der Waals surface area (Å²) in [4.78, 5) is 0. The summed E-state index contributed by atoms with van der Waals surface area (Å²) in [6.07, 6.45) is 1.97. The molecular weight excluding hydrogens is 404 g/mol. The van der Waals surface area contributed by atoms with E-state index in [0.29, 0.717) is 29.0 Å². The predicted octanol–water partition coefficient (Wildman–Crippen LogP) is 6.04. The van der Waals surface area contributed by atoms with Crippen molar-refractivity contribution in [2.45, 2.75) is 50.2 Å². The molecule has 0 spiro atoms. The van der Waals surface area contributed by atoms with E-state index < -0.39 is 0 Å². The van der Waals surface area contributed by atoms with Crippen molar-refractivity contribution in [3.63, 3.8) is 0 Å². The zero-order valence-electron chi connectivity index (χ0n) is 16.5. The van der Waals surface area contributed by atoms with E-state index in [1.807, 2.05) is 42.5 Å². The van der Waals surface area contributed by atoms with Gasteiger partial charge in [-0.15, -0.1) is 10.2 Å². The van der Waals surface area contributed by atoms with E-state index >= 15 is 0 Å². The van der Waals surface area contributed by atoms with Gasteiger partial charge in [0, 0.05) is 11.8 Å². The van der Waals surface area contributed by atoms with E-state index in [1.54, 1.807) is 17.8 Å². The Labute approximate surface area is 180 Å². The maximum absolute atomic E-state index is 8.94. The van der Waals surface area contributed by atoms with Crippen LogP contribution in [0.4, 0.5) is 0 Å². The Kier molecular flexibility index (Phi) is 7.56. The van der Waals surface area contributed by atoms with Gasteiger partial charge in [0.2, 0.25) is 0 Å². The normalized spacial score (nSPS) is 10.9. The van der Waals surface area contributed by atoms with Crippen LogP contribution in [0.1, 0.15) is 49.7 Å². The van der Waals surface area contributed by atoms with Gasteiger partial charge in [-0.25, -0.2) is 0 Å². The van der Waals surface area contributed by atoms with Crippen molar-refractivity contribution in [2.24, 2.45) is 0 Å². The summed E-state index contributed by atoms with van der Waals surface area (Å²) in [6.45, 7) is 4.65. The van der Waals surface area contributed by atoms with Crippen molar-refractivity contribution in [2.75, 3.05) is 0 Å². The number of hydrogen-bond donors (Lipinski definition) is 0. The van der Waals surface area contributed by atoms with Crippen LogP contribution in [0.2, 0.25) is 5.02 Å². The molecule has 2 aromatic carbocycles. The summed E-state index contributed by atoms with van der Waals surface area (Å²) in [5.41, 5.74) is 1.81. The van der Waals surface area contributed by atoms with Crippen LogP contribution in [-0.4, -0.2) is 14.8 Å². The second kappa shape index (κ2) is 10.3. The molecular formula is C22H23ClN4OS. The summed E-state index contributed by atoms with van der Waals surface area (Å²) in [7, 11) is 0. The van der Waals surface area contributed by atoms with Crippen molar-refractivity contribution >= 4 is 23.4 Å². The molecule has 3 aromatic rings. The molecule has 7 heteroatoms. The topological polar surface area (TPSA) is 63.7 Å². The van der Waals surface area contributed by atoms with Crippen LogP contribution in [0.5, 0.6) is 5.75 Å². The van der Waals surface area contributed by atoms with E-state index in [0.717, 1.165) is 35.1 Å². The molecule has 0 atom stereocenters. The minimum absolute atomic E-state index is 0.304. The van der Waals surface area contributed by atoms with Crippen LogP contribution in [-0.2, 0) is 12.4 Å². The van der Waals surface area contributed by atoms with Gasteiger partial charge in [-0.05, 0) is 42.7 Å².